The van der Waals surface area contributed by atoms with Gasteiger partial charge in [-0.15, -0.1) is 0 Å². The zero-order valence-electron chi connectivity index (χ0n) is 18.3. The Bertz CT molecular complexity index is 1210. The molecule has 9 nitrogen and oxygen atoms in total. The number of hydrogen-bond acceptors (Lipinski definition) is 6. The zero-order valence-corrected chi connectivity index (χ0v) is 20.7. The predicted octanol–water partition coefficient (Wildman–Crippen LogP) is 2.75. The van der Waals surface area contributed by atoms with Gasteiger partial charge in [-0.1, -0.05) is 17.7 Å². The number of hydrogen-bond donors (Lipinski definition) is 2. The maximum Gasteiger partial charge on any atom is 0.245 e. The van der Waals surface area contributed by atoms with Crippen molar-refractivity contribution in [2.24, 2.45) is 0 Å². The lowest BCUT2D eigenvalue weighted by Gasteiger charge is -2.24. The third kappa shape index (κ3) is 6.35. The quantitative estimate of drug-likeness (QED) is 0.542. The highest BCUT2D eigenvalue weighted by Gasteiger charge is 2.24. The first-order valence-corrected chi connectivity index (χ1v) is 13.2. The Morgan fingerprint density at radius 1 is 1.16 bits per heavy atom. The van der Waals surface area contributed by atoms with Crippen molar-refractivity contribution < 1.29 is 26.4 Å². The predicted molar refractivity (Wildman–Crippen MR) is 125 cm³/mol. The Balaban J connectivity index is 2.38. The number of nitrogens with zero attached hydrogens (tertiary/aromatic N) is 1. The van der Waals surface area contributed by atoms with Crippen LogP contribution >= 0.6 is 11.6 Å². The largest absolute Gasteiger partial charge is 0.495 e. The maximum absolute atomic E-state index is 12.8. The molecule has 0 atom stereocenters. The Hall–Kier alpha value is -2.34. The molecule has 0 spiro atoms. The van der Waals surface area contributed by atoms with Crippen LogP contribution in [0.15, 0.2) is 41.3 Å². The molecule has 1 amide bonds. The van der Waals surface area contributed by atoms with Gasteiger partial charge in [-0.05, 0) is 56.7 Å². The minimum absolute atomic E-state index is 0.0760. The number of anilines is 2. The number of methoxy groups -OCH3 is 1. The van der Waals surface area contributed by atoms with Crippen LogP contribution in [0.4, 0.5) is 11.4 Å². The fraction of sp³-hybridized carbons (Fsp3) is 0.350. The summed E-state index contributed by atoms with van der Waals surface area (Å²) in [5.74, 6) is -0.480. The first-order chi connectivity index (χ1) is 14.8. The van der Waals surface area contributed by atoms with Gasteiger partial charge < -0.3 is 10.1 Å². The van der Waals surface area contributed by atoms with Crippen molar-refractivity contribution in [1.82, 2.24) is 4.72 Å². The lowest BCUT2D eigenvalue weighted by atomic mass is 10.2. The van der Waals surface area contributed by atoms with Gasteiger partial charge in [0.05, 0.1) is 29.6 Å². The number of ether oxygens (including phenoxy) is 1. The van der Waals surface area contributed by atoms with Crippen LogP contribution < -0.4 is 19.1 Å². The van der Waals surface area contributed by atoms with Crippen molar-refractivity contribution in [2.75, 3.05) is 29.5 Å². The zero-order chi connectivity index (χ0) is 24.3. The molecule has 2 aromatic carbocycles. The standard InChI is InChI=1S/C20H26ClN3O6S2/c1-13(2)23-32(28,29)15-9-10-19(30-4)17(11-15)22-20(25)12-24(31(5,26)27)18-8-6-7-16(21)14(18)3/h6-11,13,23H,12H2,1-5H3,(H,22,25). The Morgan fingerprint density at radius 2 is 1.81 bits per heavy atom. The number of nitrogens with one attached hydrogen (secondary N) is 2. The SMILES string of the molecule is COc1ccc(S(=O)(=O)NC(C)C)cc1NC(=O)CN(c1cccc(Cl)c1C)S(C)(=O)=O. The van der Waals surface area contributed by atoms with E-state index >= 15 is 0 Å². The van der Waals surface area contributed by atoms with Crippen LogP contribution in [0.5, 0.6) is 5.75 Å². The van der Waals surface area contributed by atoms with Gasteiger partial charge in [0, 0.05) is 11.1 Å². The van der Waals surface area contributed by atoms with E-state index in [0.717, 1.165) is 10.6 Å². The molecular formula is C20H26ClN3O6S2. The molecule has 0 aromatic heterocycles. The van der Waals surface area contributed by atoms with E-state index in [2.05, 4.69) is 10.0 Å². The van der Waals surface area contributed by atoms with Gasteiger partial charge in [0.15, 0.2) is 0 Å². The molecule has 0 saturated heterocycles. The lowest BCUT2D eigenvalue weighted by molar-refractivity contribution is -0.114. The topological polar surface area (TPSA) is 122 Å². The van der Waals surface area contributed by atoms with E-state index in [1.807, 2.05) is 0 Å². The molecule has 0 aliphatic carbocycles. The van der Waals surface area contributed by atoms with Gasteiger partial charge in [0.2, 0.25) is 26.0 Å². The smallest absolute Gasteiger partial charge is 0.245 e. The summed E-state index contributed by atoms with van der Waals surface area (Å²) in [4.78, 5) is 12.7. The molecule has 0 fully saturated rings. The van der Waals surface area contributed by atoms with Crippen LogP contribution in [0.25, 0.3) is 0 Å². The number of carbonyl (C=O) groups excluding carboxylic acids is 1. The number of rotatable bonds is 9. The molecule has 0 saturated carbocycles. The molecule has 0 aliphatic rings. The van der Waals surface area contributed by atoms with Crippen molar-refractivity contribution in [3.05, 3.63) is 47.0 Å². The second-order valence-corrected chi connectivity index (χ2v) is 11.4. The van der Waals surface area contributed by atoms with E-state index in [9.17, 15) is 21.6 Å². The van der Waals surface area contributed by atoms with Crippen LogP contribution in [-0.2, 0) is 24.8 Å². The summed E-state index contributed by atoms with van der Waals surface area (Å²) in [5.41, 5.74) is 0.845. The van der Waals surface area contributed by atoms with Crippen LogP contribution in [0.2, 0.25) is 5.02 Å². The van der Waals surface area contributed by atoms with E-state index in [1.54, 1.807) is 39.0 Å². The van der Waals surface area contributed by atoms with Crippen molar-refractivity contribution >= 4 is 48.9 Å². The van der Waals surface area contributed by atoms with Gasteiger partial charge >= 0.3 is 0 Å². The lowest BCUT2D eigenvalue weighted by Crippen LogP contribution is -2.38. The number of carbonyl (C=O) groups is 1. The molecule has 12 heteroatoms. The fourth-order valence-corrected chi connectivity index (χ4v) is 5.25. The molecule has 2 rings (SSSR count). The fourth-order valence-electron chi connectivity index (χ4n) is 2.90. The minimum atomic E-state index is -3.83. The van der Waals surface area contributed by atoms with Gasteiger partial charge in [-0.3, -0.25) is 9.10 Å². The average molecular weight is 504 g/mol. The van der Waals surface area contributed by atoms with Crippen LogP contribution in [0.1, 0.15) is 19.4 Å². The van der Waals surface area contributed by atoms with Gasteiger partial charge in [-0.25, -0.2) is 21.6 Å². The molecule has 0 heterocycles. The van der Waals surface area contributed by atoms with E-state index < -0.39 is 32.5 Å². The monoisotopic (exact) mass is 503 g/mol. The van der Waals surface area contributed by atoms with Crippen LogP contribution in [0, 0.1) is 6.92 Å². The highest BCUT2D eigenvalue weighted by molar-refractivity contribution is 7.92. The summed E-state index contributed by atoms with van der Waals surface area (Å²) in [6, 6.07) is 8.40. The second-order valence-electron chi connectivity index (χ2n) is 7.34. The molecule has 0 radical (unpaired) electrons. The van der Waals surface area contributed by atoms with Crippen molar-refractivity contribution in [2.45, 2.75) is 31.7 Å². The third-order valence-corrected chi connectivity index (χ3v) is 7.53. The molecule has 32 heavy (non-hydrogen) atoms. The number of halogens is 1. The molecule has 2 aromatic rings. The molecule has 176 valence electrons. The summed E-state index contributed by atoms with van der Waals surface area (Å²) < 4.78 is 58.3. The normalized spacial score (nSPS) is 12.0. The Kier molecular flexibility index (Phi) is 8.16. The molecule has 0 aliphatic heterocycles. The van der Waals surface area contributed by atoms with E-state index in [-0.39, 0.29) is 28.1 Å². The summed E-state index contributed by atoms with van der Waals surface area (Å²) >= 11 is 6.11. The highest BCUT2D eigenvalue weighted by Crippen LogP contribution is 2.30. The second kappa shape index (κ2) is 10.1. The summed E-state index contributed by atoms with van der Waals surface area (Å²) in [7, 11) is -6.28. The van der Waals surface area contributed by atoms with Gasteiger partial charge in [0.25, 0.3) is 0 Å². The molecule has 2 N–H and O–H groups in total. The van der Waals surface area contributed by atoms with Crippen LogP contribution in [0.3, 0.4) is 0 Å². The van der Waals surface area contributed by atoms with Crippen LogP contribution in [-0.4, -0.2) is 48.7 Å². The van der Waals surface area contributed by atoms with Crippen molar-refractivity contribution in [3.8, 4) is 5.75 Å². The molecular weight excluding hydrogens is 478 g/mol. The number of benzene rings is 2. The summed E-state index contributed by atoms with van der Waals surface area (Å²) in [5, 5.41) is 2.89. The summed E-state index contributed by atoms with van der Waals surface area (Å²) in [6.07, 6.45) is 0.978. The number of sulfonamides is 2. The Morgan fingerprint density at radius 3 is 2.38 bits per heavy atom. The van der Waals surface area contributed by atoms with Gasteiger partial charge in [0.1, 0.15) is 12.3 Å². The van der Waals surface area contributed by atoms with Crippen molar-refractivity contribution in [1.29, 1.82) is 0 Å². The van der Waals surface area contributed by atoms with E-state index in [1.165, 1.54) is 25.3 Å². The first-order valence-electron chi connectivity index (χ1n) is 9.49. The average Bonchev–Trinajstić information content (AvgIpc) is 2.66. The number of amides is 1. The van der Waals surface area contributed by atoms with Gasteiger partial charge in [-0.2, -0.15) is 0 Å². The van der Waals surface area contributed by atoms with E-state index in [4.69, 9.17) is 16.3 Å². The van der Waals surface area contributed by atoms with E-state index in [0.29, 0.717) is 10.6 Å². The minimum Gasteiger partial charge on any atom is -0.495 e. The maximum atomic E-state index is 12.8. The first kappa shape index (κ1) is 25.9. The molecule has 0 bridgehead atoms. The Labute approximate surface area is 193 Å². The summed E-state index contributed by atoms with van der Waals surface area (Å²) in [6.45, 7) is 4.46. The van der Waals surface area contributed by atoms with Crippen molar-refractivity contribution in [3.63, 3.8) is 0 Å². The molecule has 0 unspecified atom stereocenters. The highest BCUT2D eigenvalue weighted by atomic mass is 35.5. The third-order valence-electron chi connectivity index (χ3n) is 4.34.